The summed E-state index contributed by atoms with van der Waals surface area (Å²) in [6.45, 7) is 0.509. The van der Waals surface area contributed by atoms with E-state index in [-0.39, 0.29) is 5.92 Å². The Hall–Kier alpha value is -0.250. The van der Waals surface area contributed by atoms with Gasteiger partial charge < -0.3 is 5.73 Å². The Morgan fingerprint density at radius 2 is 1.82 bits per heavy atom. The summed E-state index contributed by atoms with van der Waals surface area (Å²) in [7, 11) is 0. The van der Waals surface area contributed by atoms with Crippen LogP contribution in [-0.2, 0) is 0 Å². The molecule has 1 aromatic heterocycles. The van der Waals surface area contributed by atoms with Crippen LogP contribution in [0.1, 0.15) is 16.4 Å². The minimum atomic E-state index is 0.113. The Labute approximate surface area is 119 Å². The molecule has 0 aliphatic carbocycles. The first kappa shape index (κ1) is 13.2. The molecule has 17 heavy (non-hydrogen) atoms. The van der Waals surface area contributed by atoms with Gasteiger partial charge in [-0.3, -0.25) is 0 Å². The van der Waals surface area contributed by atoms with Crippen molar-refractivity contribution in [3.05, 3.63) is 55.2 Å². The number of hydrogen-bond acceptors (Lipinski definition) is 2. The van der Waals surface area contributed by atoms with Crippen LogP contribution in [0.2, 0.25) is 14.4 Å². The molecule has 0 aliphatic heterocycles. The Bertz CT molecular complexity index is 524. The van der Waals surface area contributed by atoms with Gasteiger partial charge >= 0.3 is 0 Å². The summed E-state index contributed by atoms with van der Waals surface area (Å²) in [5.74, 6) is 0.113. The average Bonchev–Trinajstić information content (AvgIpc) is 2.71. The smallest absolute Gasteiger partial charge is 0.0931 e. The molecule has 1 aromatic carbocycles. The molecular weight excluding hydrogens is 297 g/mol. The summed E-state index contributed by atoms with van der Waals surface area (Å²) in [6, 6.07) is 9.46. The molecule has 0 aliphatic rings. The molecule has 0 fully saturated rings. The van der Waals surface area contributed by atoms with Crippen LogP contribution in [0.15, 0.2) is 30.3 Å². The Morgan fingerprint density at radius 3 is 2.35 bits per heavy atom. The van der Waals surface area contributed by atoms with Crippen molar-refractivity contribution in [3.8, 4) is 0 Å². The van der Waals surface area contributed by atoms with Crippen LogP contribution in [0.4, 0.5) is 0 Å². The van der Waals surface area contributed by atoms with E-state index in [1.807, 2.05) is 24.3 Å². The van der Waals surface area contributed by atoms with Gasteiger partial charge in [-0.2, -0.15) is 0 Å². The van der Waals surface area contributed by atoms with Gasteiger partial charge in [0.2, 0.25) is 0 Å². The maximum Gasteiger partial charge on any atom is 0.0931 e. The fourth-order valence-electron chi connectivity index (χ4n) is 1.66. The van der Waals surface area contributed by atoms with Crippen molar-refractivity contribution in [2.24, 2.45) is 5.73 Å². The molecule has 1 nitrogen and oxygen atoms in total. The molecule has 2 aromatic rings. The van der Waals surface area contributed by atoms with Crippen molar-refractivity contribution in [1.82, 2.24) is 0 Å². The second-order valence-corrected chi connectivity index (χ2v) is 6.16. The van der Waals surface area contributed by atoms with Crippen LogP contribution >= 0.6 is 46.1 Å². The molecule has 5 heteroatoms. The summed E-state index contributed by atoms with van der Waals surface area (Å²) < 4.78 is 0.763. The quantitative estimate of drug-likeness (QED) is 0.866. The van der Waals surface area contributed by atoms with Gasteiger partial charge in [0, 0.05) is 17.3 Å². The number of rotatable bonds is 3. The van der Waals surface area contributed by atoms with Crippen molar-refractivity contribution >= 4 is 46.1 Å². The summed E-state index contributed by atoms with van der Waals surface area (Å²) in [5, 5.41) is 1.10. The van der Waals surface area contributed by atoms with E-state index >= 15 is 0 Å². The number of nitrogens with two attached hydrogens (primary N) is 1. The maximum atomic E-state index is 6.01. The number of halogens is 3. The van der Waals surface area contributed by atoms with Crippen molar-refractivity contribution in [1.29, 1.82) is 0 Å². The summed E-state index contributed by atoms with van der Waals surface area (Å²) >= 11 is 19.4. The van der Waals surface area contributed by atoms with E-state index in [4.69, 9.17) is 40.5 Å². The maximum absolute atomic E-state index is 6.01. The lowest BCUT2D eigenvalue weighted by molar-refractivity contribution is 0.836. The van der Waals surface area contributed by atoms with Crippen molar-refractivity contribution in [2.75, 3.05) is 6.54 Å². The van der Waals surface area contributed by atoms with E-state index in [2.05, 4.69) is 0 Å². The van der Waals surface area contributed by atoms with Gasteiger partial charge in [0.25, 0.3) is 0 Å². The number of benzene rings is 1. The molecule has 0 radical (unpaired) electrons. The van der Waals surface area contributed by atoms with E-state index < -0.39 is 0 Å². The molecule has 0 saturated heterocycles. The van der Waals surface area contributed by atoms with Gasteiger partial charge in [-0.05, 0) is 29.8 Å². The molecule has 1 unspecified atom stereocenters. The molecule has 0 amide bonds. The van der Waals surface area contributed by atoms with Crippen molar-refractivity contribution in [3.63, 3.8) is 0 Å². The first-order chi connectivity index (χ1) is 8.11. The fraction of sp³-hybridized carbons (Fsp3) is 0.167. The monoisotopic (exact) mass is 305 g/mol. The van der Waals surface area contributed by atoms with Gasteiger partial charge in [0.05, 0.1) is 14.4 Å². The zero-order valence-corrected chi connectivity index (χ0v) is 11.9. The van der Waals surface area contributed by atoms with Crippen LogP contribution in [0, 0.1) is 0 Å². The molecule has 1 atom stereocenters. The number of hydrogen-bond donors (Lipinski definition) is 1. The first-order valence-electron chi connectivity index (χ1n) is 5.02. The Kier molecular flexibility index (Phi) is 4.34. The van der Waals surface area contributed by atoms with Gasteiger partial charge in [-0.1, -0.05) is 40.9 Å². The zero-order chi connectivity index (χ0) is 12.4. The van der Waals surface area contributed by atoms with Crippen LogP contribution in [-0.4, -0.2) is 6.54 Å². The second-order valence-electron chi connectivity index (χ2n) is 3.60. The largest absolute Gasteiger partial charge is 0.329 e. The third-order valence-electron chi connectivity index (χ3n) is 2.52. The lowest BCUT2D eigenvalue weighted by Crippen LogP contribution is -2.12. The molecule has 2 rings (SSSR count). The van der Waals surface area contributed by atoms with Crippen LogP contribution in [0.3, 0.4) is 0 Å². The minimum absolute atomic E-state index is 0.113. The topological polar surface area (TPSA) is 26.0 Å². The van der Waals surface area contributed by atoms with E-state index in [1.165, 1.54) is 11.3 Å². The van der Waals surface area contributed by atoms with Gasteiger partial charge in [-0.25, -0.2) is 0 Å². The first-order valence-corrected chi connectivity index (χ1v) is 6.97. The lowest BCUT2D eigenvalue weighted by atomic mass is 9.98. The highest BCUT2D eigenvalue weighted by atomic mass is 35.5. The van der Waals surface area contributed by atoms with E-state index in [0.29, 0.717) is 16.6 Å². The highest BCUT2D eigenvalue weighted by Crippen LogP contribution is 2.34. The molecule has 2 N–H and O–H groups in total. The van der Waals surface area contributed by atoms with E-state index in [9.17, 15) is 0 Å². The highest BCUT2D eigenvalue weighted by molar-refractivity contribution is 7.16. The SMILES string of the molecule is NCC(c1ccc(Cl)c(Cl)c1)c1ccc(Cl)s1. The third-order valence-corrected chi connectivity index (χ3v) is 4.60. The van der Waals surface area contributed by atoms with Crippen LogP contribution < -0.4 is 5.73 Å². The molecular formula is C12H10Cl3NS. The van der Waals surface area contributed by atoms with E-state index in [1.54, 1.807) is 6.07 Å². The molecule has 90 valence electrons. The predicted octanol–water partition coefficient (Wildman–Crippen LogP) is 4.80. The van der Waals surface area contributed by atoms with Crippen LogP contribution in [0.25, 0.3) is 0 Å². The van der Waals surface area contributed by atoms with E-state index in [0.717, 1.165) is 14.8 Å². The van der Waals surface area contributed by atoms with Crippen molar-refractivity contribution < 1.29 is 0 Å². The summed E-state index contributed by atoms with van der Waals surface area (Å²) in [6.07, 6.45) is 0. The Morgan fingerprint density at radius 1 is 1.06 bits per heavy atom. The molecule has 0 bridgehead atoms. The predicted molar refractivity (Wildman–Crippen MR) is 76.7 cm³/mol. The summed E-state index contributed by atoms with van der Waals surface area (Å²) in [4.78, 5) is 1.14. The molecule has 0 spiro atoms. The summed E-state index contributed by atoms with van der Waals surface area (Å²) in [5.41, 5.74) is 6.88. The standard InChI is InChI=1S/C12H10Cl3NS/c13-9-2-1-7(5-10(9)14)8(6-16)11-3-4-12(15)17-11/h1-5,8H,6,16H2. The lowest BCUT2D eigenvalue weighted by Gasteiger charge is -2.14. The van der Waals surface area contributed by atoms with Crippen molar-refractivity contribution in [2.45, 2.75) is 5.92 Å². The highest BCUT2D eigenvalue weighted by Gasteiger charge is 2.15. The molecule has 1 heterocycles. The Balaban J connectivity index is 2.38. The second kappa shape index (κ2) is 5.59. The average molecular weight is 307 g/mol. The zero-order valence-electron chi connectivity index (χ0n) is 8.79. The third kappa shape index (κ3) is 2.95. The van der Waals surface area contributed by atoms with Gasteiger partial charge in [-0.15, -0.1) is 11.3 Å². The van der Waals surface area contributed by atoms with Gasteiger partial charge in [0.1, 0.15) is 0 Å². The van der Waals surface area contributed by atoms with Crippen LogP contribution in [0.5, 0.6) is 0 Å². The number of thiophene rings is 1. The normalized spacial score (nSPS) is 12.7. The minimum Gasteiger partial charge on any atom is -0.329 e. The van der Waals surface area contributed by atoms with Gasteiger partial charge in [0.15, 0.2) is 0 Å². The fourth-order valence-corrected chi connectivity index (χ4v) is 3.17. The molecule has 0 saturated carbocycles.